The fraction of sp³-hybridized carbons (Fsp3) is 0. The predicted molar refractivity (Wildman–Crippen MR) is 113 cm³/mol. The fourth-order valence-electron chi connectivity index (χ4n) is 2.27. The number of aromatic nitrogens is 2. The molecule has 0 unspecified atom stereocenters. The Kier molecular flexibility index (Phi) is 5.98. The van der Waals surface area contributed by atoms with Crippen LogP contribution in [-0.2, 0) is 0 Å². The predicted octanol–water partition coefficient (Wildman–Crippen LogP) is 4.26. The third kappa shape index (κ3) is 4.40. The van der Waals surface area contributed by atoms with Crippen LogP contribution in [0.15, 0.2) is 56.8 Å². The Hall–Kier alpha value is -2.58. The Bertz CT molecular complexity index is 1130. The van der Waals surface area contributed by atoms with Crippen LogP contribution < -0.4 is 11.0 Å². The van der Waals surface area contributed by atoms with Crippen molar-refractivity contribution in [2.24, 2.45) is 5.10 Å². The molecule has 0 radical (unpaired) electrons. The largest absolute Gasteiger partial charge is 0.290 e. The summed E-state index contributed by atoms with van der Waals surface area (Å²) in [6.45, 7) is 0. The van der Waals surface area contributed by atoms with Gasteiger partial charge in [-0.25, -0.2) is 14.8 Å². The molecule has 134 valence electrons. The Labute approximate surface area is 175 Å². The number of hydrogen-bond donors (Lipinski definition) is 2. The average Bonchev–Trinajstić information content (AvgIpc) is 2.66. The van der Waals surface area contributed by atoms with Gasteiger partial charge in [-0.3, -0.25) is 9.78 Å². The SMILES string of the molecule is N#Cc1c(-c2ccccc2)nc(NN=Cc2cc(F)cc(I)c2Br)[nH]c1=O. The van der Waals surface area contributed by atoms with E-state index in [9.17, 15) is 14.4 Å². The Morgan fingerprint density at radius 1 is 1.33 bits per heavy atom. The van der Waals surface area contributed by atoms with Crippen LogP contribution in [0, 0.1) is 20.7 Å². The number of nitrogens with one attached hydrogen (secondary N) is 2. The highest BCUT2D eigenvalue weighted by molar-refractivity contribution is 14.1. The van der Waals surface area contributed by atoms with Gasteiger partial charge >= 0.3 is 0 Å². The molecule has 0 aliphatic heterocycles. The summed E-state index contributed by atoms with van der Waals surface area (Å²) in [5.74, 6) is -0.323. The number of rotatable bonds is 4. The van der Waals surface area contributed by atoms with E-state index in [4.69, 9.17) is 0 Å². The Balaban J connectivity index is 1.94. The maximum atomic E-state index is 13.5. The van der Waals surface area contributed by atoms with Crippen LogP contribution in [0.1, 0.15) is 11.1 Å². The molecule has 0 aliphatic carbocycles. The quantitative estimate of drug-likeness (QED) is 0.225. The van der Waals surface area contributed by atoms with Gasteiger partial charge in [0.15, 0.2) is 0 Å². The molecule has 27 heavy (non-hydrogen) atoms. The second-order valence-corrected chi connectivity index (χ2v) is 7.23. The number of hydrogen-bond acceptors (Lipinski definition) is 5. The van der Waals surface area contributed by atoms with Gasteiger partial charge in [0.1, 0.15) is 17.4 Å². The number of nitrogens with zero attached hydrogens (tertiary/aromatic N) is 3. The summed E-state index contributed by atoms with van der Waals surface area (Å²) in [6.07, 6.45) is 1.40. The van der Waals surface area contributed by atoms with Crippen LogP contribution >= 0.6 is 38.5 Å². The first-order valence-electron chi connectivity index (χ1n) is 7.53. The molecule has 1 aromatic heterocycles. The lowest BCUT2D eigenvalue weighted by Crippen LogP contribution is -2.16. The lowest BCUT2D eigenvalue weighted by molar-refractivity contribution is 0.626. The van der Waals surface area contributed by atoms with Gasteiger partial charge in [0, 0.05) is 19.2 Å². The molecular weight excluding hydrogens is 528 g/mol. The van der Waals surface area contributed by atoms with Crippen molar-refractivity contribution in [2.75, 3.05) is 5.43 Å². The van der Waals surface area contributed by atoms with E-state index < -0.39 is 5.56 Å². The van der Waals surface area contributed by atoms with Gasteiger partial charge in [0.2, 0.25) is 5.95 Å². The molecule has 9 heteroatoms. The zero-order valence-corrected chi connectivity index (χ0v) is 17.2. The number of anilines is 1. The number of benzene rings is 2. The first kappa shape index (κ1) is 19.2. The second kappa shape index (κ2) is 8.41. The van der Waals surface area contributed by atoms with Crippen molar-refractivity contribution in [3.05, 3.63) is 77.8 Å². The minimum atomic E-state index is -0.578. The molecule has 0 atom stereocenters. The number of hydrazone groups is 1. The van der Waals surface area contributed by atoms with Crippen LogP contribution in [0.2, 0.25) is 0 Å². The van der Waals surface area contributed by atoms with Crippen molar-refractivity contribution in [1.29, 1.82) is 5.26 Å². The molecule has 0 aliphatic rings. The molecular formula is C18H10BrFIN5O. The molecule has 1 heterocycles. The molecule has 3 rings (SSSR count). The second-order valence-electron chi connectivity index (χ2n) is 5.28. The number of H-pyrrole nitrogens is 1. The third-order valence-electron chi connectivity index (χ3n) is 3.47. The van der Waals surface area contributed by atoms with E-state index in [0.717, 1.165) is 0 Å². The first-order valence-corrected chi connectivity index (χ1v) is 9.40. The minimum Gasteiger partial charge on any atom is -0.290 e. The molecule has 2 aromatic carbocycles. The van der Waals surface area contributed by atoms with E-state index in [0.29, 0.717) is 19.2 Å². The highest BCUT2D eigenvalue weighted by Crippen LogP contribution is 2.24. The summed E-state index contributed by atoms with van der Waals surface area (Å²) < 4.78 is 14.9. The highest BCUT2D eigenvalue weighted by Gasteiger charge is 2.13. The van der Waals surface area contributed by atoms with Gasteiger partial charge in [-0.1, -0.05) is 30.3 Å². The van der Waals surface area contributed by atoms with E-state index in [1.807, 2.05) is 34.7 Å². The summed E-state index contributed by atoms with van der Waals surface area (Å²) in [7, 11) is 0. The van der Waals surface area contributed by atoms with Crippen LogP contribution in [0.4, 0.5) is 10.3 Å². The van der Waals surface area contributed by atoms with Crippen molar-refractivity contribution in [2.45, 2.75) is 0 Å². The molecule has 0 fully saturated rings. The normalized spacial score (nSPS) is 10.7. The fourth-order valence-corrected chi connectivity index (χ4v) is 3.21. The van der Waals surface area contributed by atoms with Crippen LogP contribution in [0.5, 0.6) is 0 Å². The van der Waals surface area contributed by atoms with Gasteiger partial charge in [-0.2, -0.15) is 10.4 Å². The van der Waals surface area contributed by atoms with Gasteiger partial charge in [-0.05, 0) is 50.7 Å². The molecule has 0 spiro atoms. The minimum absolute atomic E-state index is 0.0660. The molecule has 0 amide bonds. The highest BCUT2D eigenvalue weighted by atomic mass is 127. The molecule has 2 N–H and O–H groups in total. The van der Waals surface area contributed by atoms with Crippen LogP contribution in [0.25, 0.3) is 11.3 Å². The number of nitriles is 1. The van der Waals surface area contributed by atoms with Crippen molar-refractivity contribution in [1.82, 2.24) is 9.97 Å². The summed E-state index contributed by atoms with van der Waals surface area (Å²) in [5, 5.41) is 13.3. The van der Waals surface area contributed by atoms with Gasteiger partial charge in [-0.15, -0.1) is 0 Å². The maximum absolute atomic E-state index is 13.5. The van der Waals surface area contributed by atoms with Crippen molar-refractivity contribution < 1.29 is 4.39 Å². The third-order valence-corrected chi connectivity index (χ3v) is 5.95. The van der Waals surface area contributed by atoms with Crippen molar-refractivity contribution in [3.63, 3.8) is 0 Å². The number of aromatic amines is 1. The van der Waals surface area contributed by atoms with E-state index in [2.05, 4.69) is 36.4 Å². The molecule has 0 saturated carbocycles. The molecule has 0 saturated heterocycles. The topological polar surface area (TPSA) is 93.9 Å². The molecule has 0 bridgehead atoms. The van der Waals surface area contributed by atoms with Crippen molar-refractivity contribution >= 4 is 50.7 Å². The Morgan fingerprint density at radius 3 is 2.78 bits per heavy atom. The smallest absolute Gasteiger partial charge is 0.270 e. The zero-order valence-electron chi connectivity index (χ0n) is 13.5. The average molecular weight is 538 g/mol. The summed E-state index contributed by atoms with van der Waals surface area (Å²) >= 11 is 5.37. The van der Waals surface area contributed by atoms with E-state index in [-0.39, 0.29) is 23.0 Å². The standard InChI is InChI=1S/C18H10BrFIN5O/c19-15-11(6-12(20)7-14(15)21)9-23-26-18-24-16(10-4-2-1-3-5-10)13(8-22)17(27)25-18/h1-7,9H,(H2,24,25,26,27). The maximum Gasteiger partial charge on any atom is 0.270 e. The Morgan fingerprint density at radius 2 is 2.07 bits per heavy atom. The van der Waals surface area contributed by atoms with E-state index in [1.165, 1.54) is 18.3 Å². The van der Waals surface area contributed by atoms with Gasteiger partial charge < -0.3 is 0 Å². The van der Waals surface area contributed by atoms with Crippen molar-refractivity contribution in [3.8, 4) is 17.3 Å². The summed E-state index contributed by atoms with van der Waals surface area (Å²) in [5.41, 5.74) is 3.35. The van der Waals surface area contributed by atoms with Gasteiger partial charge in [0.05, 0.1) is 11.9 Å². The molecule has 3 aromatic rings. The van der Waals surface area contributed by atoms with E-state index >= 15 is 0 Å². The van der Waals surface area contributed by atoms with Gasteiger partial charge in [0.25, 0.3) is 5.56 Å². The number of halogens is 3. The lowest BCUT2D eigenvalue weighted by atomic mass is 10.1. The van der Waals surface area contributed by atoms with Crippen LogP contribution in [-0.4, -0.2) is 16.2 Å². The monoisotopic (exact) mass is 537 g/mol. The zero-order chi connectivity index (χ0) is 19.4. The first-order chi connectivity index (χ1) is 13.0. The summed E-state index contributed by atoms with van der Waals surface area (Å²) in [4.78, 5) is 18.9. The summed E-state index contributed by atoms with van der Waals surface area (Å²) in [6, 6.07) is 13.5. The van der Waals surface area contributed by atoms with E-state index in [1.54, 1.807) is 24.3 Å². The van der Waals surface area contributed by atoms with Crippen LogP contribution in [0.3, 0.4) is 0 Å². The lowest BCUT2D eigenvalue weighted by Gasteiger charge is -2.06. The molecule has 6 nitrogen and oxygen atoms in total.